The molecule has 34 heavy (non-hydrogen) atoms. The lowest BCUT2D eigenvalue weighted by Gasteiger charge is -2.42. The van der Waals surface area contributed by atoms with Gasteiger partial charge in [0.05, 0.1) is 6.04 Å². The number of urea groups is 1. The van der Waals surface area contributed by atoms with Crippen molar-refractivity contribution in [2.45, 2.75) is 77.7 Å². The van der Waals surface area contributed by atoms with Crippen molar-refractivity contribution in [3.8, 4) is 5.75 Å². The van der Waals surface area contributed by atoms with Crippen LogP contribution in [0.15, 0.2) is 24.3 Å². The Labute approximate surface area is 197 Å². The van der Waals surface area contributed by atoms with E-state index < -0.39 is 36.4 Å². The minimum absolute atomic E-state index is 0.167. The summed E-state index contributed by atoms with van der Waals surface area (Å²) in [5.41, 5.74) is -0.231. The number of imide groups is 1. The van der Waals surface area contributed by atoms with E-state index in [1.165, 1.54) is 12.1 Å². The smallest absolute Gasteiger partial charge is 0.406 e. The van der Waals surface area contributed by atoms with Crippen molar-refractivity contribution in [3.05, 3.63) is 29.8 Å². The second-order valence-corrected chi connectivity index (χ2v) is 9.93. The second kappa shape index (κ2) is 9.46. The van der Waals surface area contributed by atoms with E-state index in [2.05, 4.69) is 36.1 Å². The van der Waals surface area contributed by atoms with Crippen LogP contribution in [0, 0.1) is 11.3 Å². The third-order valence-corrected chi connectivity index (χ3v) is 7.39. The van der Waals surface area contributed by atoms with Crippen LogP contribution in [-0.2, 0) is 9.59 Å². The van der Waals surface area contributed by atoms with Gasteiger partial charge in [-0.1, -0.05) is 39.3 Å². The van der Waals surface area contributed by atoms with E-state index in [4.69, 9.17) is 0 Å². The normalized spacial score (nSPS) is 24.2. The van der Waals surface area contributed by atoms with Crippen LogP contribution in [0.2, 0.25) is 0 Å². The van der Waals surface area contributed by atoms with Crippen molar-refractivity contribution in [1.29, 1.82) is 0 Å². The molecule has 2 N–H and O–H groups in total. The van der Waals surface area contributed by atoms with Gasteiger partial charge < -0.3 is 15.4 Å². The van der Waals surface area contributed by atoms with E-state index in [1.807, 2.05) is 0 Å². The maximum atomic E-state index is 13.1. The summed E-state index contributed by atoms with van der Waals surface area (Å²) in [5.74, 6) is -0.804. The number of carbonyl (C=O) groups excluding carboxylic acids is 3. The summed E-state index contributed by atoms with van der Waals surface area (Å²) >= 11 is 0. The highest BCUT2D eigenvalue weighted by atomic mass is 19.4. The molecule has 10 heteroatoms. The number of nitrogens with zero attached hydrogens (tertiary/aromatic N) is 1. The molecule has 1 aromatic rings. The van der Waals surface area contributed by atoms with Gasteiger partial charge in [-0.2, -0.15) is 0 Å². The number of hydrogen-bond donors (Lipinski definition) is 2. The molecule has 1 saturated carbocycles. The number of benzene rings is 1. The second-order valence-electron chi connectivity index (χ2n) is 9.93. The quantitative estimate of drug-likeness (QED) is 0.552. The van der Waals surface area contributed by atoms with Gasteiger partial charge in [0.1, 0.15) is 17.8 Å². The zero-order chi connectivity index (χ0) is 25.3. The molecule has 3 rings (SSSR count). The molecular formula is C24H32F3N3O4. The Morgan fingerprint density at radius 2 is 1.79 bits per heavy atom. The first-order valence-electron chi connectivity index (χ1n) is 11.6. The molecule has 1 atom stereocenters. The largest absolute Gasteiger partial charge is 0.573 e. The Morgan fingerprint density at radius 1 is 1.21 bits per heavy atom. The average molecular weight is 484 g/mol. The number of halogens is 3. The van der Waals surface area contributed by atoms with Crippen LogP contribution in [-0.4, -0.2) is 41.2 Å². The number of nitrogens with one attached hydrogen (secondary N) is 2. The highest BCUT2D eigenvalue weighted by Gasteiger charge is 2.53. The molecule has 1 aliphatic carbocycles. The van der Waals surface area contributed by atoms with Crippen LogP contribution >= 0.6 is 0 Å². The van der Waals surface area contributed by atoms with Crippen molar-refractivity contribution in [1.82, 2.24) is 15.5 Å². The Kier molecular flexibility index (Phi) is 7.19. The van der Waals surface area contributed by atoms with Gasteiger partial charge in [0, 0.05) is 0 Å². The van der Waals surface area contributed by atoms with Crippen molar-refractivity contribution in [2.75, 3.05) is 6.54 Å². The molecule has 7 nitrogen and oxygen atoms in total. The monoisotopic (exact) mass is 483 g/mol. The fourth-order valence-corrected chi connectivity index (χ4v) is 4.81. The summed E-state index contributed by atoms with van der Waals surface area (Å²) in [7, 11) is 0. The van der Waals surface area contributed by atoms with Crippen LogP contribution in [0.25, 0.3) is 0 Å². The molecule has 0 bridgehead atoms. The molecule has 0 radical (unpaired) electrons. The van der Waals surface area contributed by atoms with E-state index in [-0.39, 0.29) is 17.1 Å². The highest BCUT2D eigenvalue weighted by Crippen LogP contribution is 2.45. The topological polar surface area (TPSA) is 87.7 Å². The zero-order valence-electron chi connectivity index (χ0n) is 19.9. The van der Waals surface area contributed by atoms with Gasteiger partial charge in [-0.15, -0.1) is 13.2 Å². The van der Waals surface area contributed by atoms with Gasteiger partial charge in [-0.05, 0) is 61.6 Å². The molecule has 2 fully saturated rings. The Balaban J connectivity index is 1.57. The lowest BCUT2D eigenvalue weighted by Crippen LogP contribution is -2.51. The molecule has 1 spiro atoms. The van der Waals surface area contributed by atoms with Gasteiger partial charge in [0.2, 0.25) is 5.91 Å². The summed E-state index contributed by atoms with van der Waals surface area (Å²) in [6.45, 7) is 7.83. The van der Waals surface area contributed by atoms with Crippen LogP contribution in [0.3, 0.4) is 0 Å². The molecule has 1 heterocycles. The molecule has 4 amide bonds. The first kappa shape index (κ1) is 25.8. The number of carbonyl (C=O) groups is 3. The fraction of sp³-hybridized carbons (Fsp3) is 0.625. The average Bonchev–Trinajstić information content (AvgIpc) is 2.97. The Hall–Kier alpha value is -2.78. The van der Waals surface area contributed by atoms with Crippen LogP contribution < -0.4 is 15.4 Å². The third-order valence-electron chi connectivity index (χ3n) is 7.39. The van der Waals surface area contributed by atoms with Crippen LogP contribution in [0.4, 0.5) is 18.0 Å². The molecular weight excluding hydrogens is 451 g/mol. The SMILES string of the molecule is CCC(C)(C)C1CCC2(CC1)NC(=O)N(CC(=O)NC(C)c1ccc(OC(F)(F)F)cc1)C2=O. The first-order chi connectivity index (χ1) is 15.8. The maximum Gasteiger partial charge on any atom is 0.573 e. The number of amides is 4. The lowest BCUT2D eigenvalue weighted by molar-refractivity contribution is -0.274. The van der Waals surface area contributed by atoms with Crippen molar-refractivity contribution >= 4 is 17.8 Å². The van der Waals surface area contributed by atoms with Gasteiger partial charge in [0.15, 0.2) is 0 Å². The van der Waals surface area contributed by atoms with Gasteiger partial charge >= 0.3 is 12.4 Å². The van der Waals surface area contributed by atoms with E-state index in [9.17, 15) is 27.6 Å². The number of rotatable bonds is 7. The minimum Gasteiger partial charge on any atom is -0.406 e. The molecule has 0 aromatic heterocycles. The number of alkyl halides is 3. The molecule has 1 aliphatic heterocycles. The van der Waals surface area contributed by atoms with Crippen molar-refractivity contribution in [3.63, 3.8) is 0 Å². The van der Waals surface area contributed by atoms with Gasteiger partial charge in [-0.3, -0.25) is 14.5 Å². The summed E-state index contributed by atoms with van der Waals surface area (Å²) in [4.78, 5) is 39.2. The van der Waals surface area contributed by atoms with Crippen LogP contribution in [0.5, 0.6) is 5.75 Å². The van der Waals surface area contributed by atoms with E-state index in [0.717, 1.165) is 36.3 Å². The number of hydrogen-bond acceptors (Lipinski definition) is 4. The van der Waals surface area contributed by atoms with Crippen LogP contribution in [0.1, 0.15) is 71.4 Å². The maximum absolute atomic E-state index is 13.1. The fourth-order valence-electron chi connectivity index (χ4n) is 4.81. The Bertz CT molecular complexity index is 922. The zero-order valence-corrected chi connectivity index (χ0v) is 19.9. The van der Waals surface area contributed by atoms with E-state index >= 15 is 0 Å². The van der Waals surface area contributed by atoms with E-state index in [0.29, 0.717) is 24.3 Å². The summed E-state index contributed by atoms with van der Waals surface area (Å²) < 4.78 is 40.8. The van der Waals surface area contributed by atoms with E-state index in [1.54, 1.807) is 6.92 Å². The Morgan fingerprint density at radius 3 is 2.32 bits per heavy atom. The highest BCUT2D eigenvalue weighted by molar-refractivity contribution is 6.09. The first-order valence-corrected chi connectivity index (χ1v) is 11.6. The number of ether oxygens (including phenoxy) is 1. The summed E-state index contributed by atoms with van der Waals surface area (Å²) in [6.07, 6.45) is -0.991. The van der Waals surface area contributed by atoms with Crippen molar-refractivity contribution < 1.29 is 32.3 Å². The molecule has 188 valence electrons. The third kappa shape index (κ3) is 5.64. The predicted molar refractivity (Wildman–Crippen MR) is 119 cm³/mol. The van der Waals surface area contributed by atoms with Gasteiger partial charge in [0.25, 0.3) is 5.91 Å². The standard InChI is InChI=1S/C24H32F3N3O4/c1-5-22(3,4)17-10-12-23(13-11-17)20(32)30(21(33)29-23)14-19(31)28-15(2)16-6-8-18(9-7-16)34-24(25,26)27/h6-9,15,17H,5,10-14H2,1-4H3,(H,28,31)(H,29,33). The van der Waals surface area contributed by atoms with Gasteiger partial charge in [-0.25, -0.2) is 4.79 Å². The van der Waals surface area contributed by atoms with Crippen molar-refractivity contribution in [2.24, 2.45) is 11.3 Å². The summed E-state index contributed by atoms with van der Waals surface area (Å²) in [6, 6.07) is 4.00. The lowest BCUT2D eigenvalue weighted by atomic mass is 9.65. The molecule has 1 saturated heterocycles. The molecule has 1 unspecified atom stereocenters. The molecule has 1 aromatic carbocycles. The molecule has 2 aliphatic rings. The summed E-state index contributed by atoms with van der Waals surface area (Å²) in [5, 5.41) is 5.51. The minimum atomic E-state index is -4.78. The predicted octanol–water partition coefficient (Wildman–Crippen LogP) is 4.68.